The first kappa shape index (κ1) is 12.4. The van der Waals surface area contributed by atoms with Gasteiger partial charge >= 0.3 is 0 Å². The van der Waals surface area contributed by atoms with E-state index in [1.54, 1.807) is 0 Å². The van der Waals surface area contributed by atoms with Crippen LogP contribution in [0.25, 0.3) is 0 Å². The second kappa shape index (κ2) is 6.00. The lowest BCUT2D eigenvalue weighted by molar-refractivity contribution is 0.304. The molecule has 0 atom stereocenters. The molecule has 0 radical (unpaired) electrons. The second-order valence-corrected chi connectivity index (χ2v) is 3.81. The molecule has 1 aromatic carbocycles. The van der Waals surface area contributed by atoms with Crippen LogP contribution in [0.1, 0.15) is 24.0 Å². The minimum absolute atomic E-state index is 0.240. The highest BCUT2D eigenvalue weighted by Crippen LogP contribution is 2.19. The average Bonchev–Trinajstić information content (AvgIpc) is 2.28. The number of oxime groups is 1. The van der Waals surface area contributed by atoms with Gasteiger partial charge in [0.05, 0.1) is 6.61 Å². The van der Waals surface area contributed by atoms with Gasteiger partial charge in [-0.2, -0.15) is 0 Å². The van der Waals surface area contributed by atoms with Gasteiger partial charge in [-0.25, -0.2) is 0 Å². The molecule has 0 fully saturated rings. The fraction of sp³-hybridized carbons (Fsp3) is 0.417. The van der Waals surface area contributed by atoms with Crippen LogP contribution in [0.2, 0.25) is 0 Å². The van der Waals surface area contributed by atoms with E-state index in [2.05, 4.69) is 11.2 Å². The monoisotopic (exact) mass is 222 g/mol. The van der Waals surface area contributed by atoms with Crippen LogP contribution in [-0.4, -0.2) is 17.6 Å². The lowest BCUT2D eigenvalue weighted by atomic mass is 10.1. The zero-order valence-electron chi connectivity index (χ0n) is 9.73. The highest BCUT2D eigenvalue weighted by molar-refractivity contribution is 5.79. The minimum Gasteiger partial charge on any atom is -0.493 e. The number of hydrogen-bond donors (Lipinski definition) is 2. The standard InChI is InChI=1S/C12H18N2O2/c1-9-5-6-10(2)11(8-9)16-7-3-4-12(13)14-15/h5-6,8,15H,3-4,7H2,1-2H3,(H2,13,14). The van der Waals surface area contributed by atoms with E-state index in [-0.39, 0.29) is 5.84 Å². The fourth-order valence-electron chi connectivity index (χ4n) is 1.35. The molecule has 0 aliphatic carbocycles. The van der Waals surface area contributed by atoms with Gasteiger partial charge in [0.15, 0.2) is 0 Å². The van der Waals surface area contributed by atoms with Crippen molar-refractivity contribution in [1.29, 1.82) is 0 Å². The largest absolute Gasteiger partial charge is 0.493 e. The Morgan fingerprint density at radius 2 is 2.19 bits per heavy atom. The topological polar surface area (TPSA) is 67.8 Å². The number of nitrogens with two attached hydrogens (primary N) is 1. The molecule has 1 rings (SSSR count). The molecule has 0 aromatic heterocycles. The highest BCUT2D eigenvalue weighted by Gasteiger charge is 2.00. The van der Waals surface area contributed by atoms with Gasteiger partial charge in [-0.05, 0) is 37.5 Å². The first-order valence-electron chi connectivity index (χ1n) is 5.30. The second-order valence-electron chi connectivity index (χ2n) is 3.81. The molecule has 4 heteroatoms. The normalized spacial score (nSPS) is 11.5. The Hall–Kier alpha value is -1.71. The van der Waals surface area contributed by atoms with Crippen molar-refractivity contribution in [3.8, 4) is 5.75 Å². The van der Waals surface area contributed by atoms with Crippen molar-refractivity contribution in [2.24, 2.45) is 10.9 Å². The van der Waals surface area contributed by atoms with E-state index in [0.29, 0.717) is 13.0 Å². The summed E-state index contributed by atoms with van der Waals surface area (Å²) in [6, 6.07) is 6.10. The molecule has 4 nitrogen and oxygen atoms in total. The number of rotatable bonds is 5. The summed E-state index contributed by atoms with van der Waals surface area (Å²) in [5.74, 6) is 1.14. The third-order valence-electron chi connectivity index (χ3n) is 2.31. The van der Waals surface area contributed by atoms with Crippen LogP contribution >= 0.6 is 0 Å². The molecule has 3 N–H and O–H groups in total. The Kier molecular flexibility index (Phi) is 4.64. The maximum atomic E-state index is 8.35. The zero-order chi connectivity index (χ0) is 12.0. The smallest absolute Gasteiger partial charge is 0.139 e. The van der Waals surface area contributed by atoms with E-state index in [1.165, 1.54) is 5.56 Å². The van der Waals surface area contributed by atoms with Gasteiger partial charge in [-0.1, -0.05) is 17.3 Å². The maximum Gasteiger partial charge on any atom is 0.139 e. The van der Waals surface area contributed by atoms with Gasteiger partial charge in [0.1, 0.15) is 11.6 Å². The van der Waals surface area contributed by atoms with Gasteiger partial charge in [-0.3, -0.25) is 0 Å². The first-order chi connectivity index (χ1) is 7.63. The molecule has 0 bridgehead atoms. The van der Waals surface area contributed by atoms with Crippen molar-refractivity contribution in [2.45, 2.75) is 26.7 Å². The SMILES string of the molecule is Cc1ccc(C)c(OCCC/C(N)=N/O)c1. The Labute approximate surface area is 95.7 Å². The zero-order valence-corrected chi connectivity index (χ0v) is 9.73. The molecular weight excluding hydrogens is 204 g/mol. The van der Waals surface area contributed by atoms with E-state index >= 15 is 0 Å². The van der Waals surface area contributed by atoms with Gasteiger partial charge in [-0.15, -0.1) is 0 Å². The number of nitrogens with zero attached hydrogens (tertiary/aromatic N) is 1. The lowest BCUT2D eigenvalue weighted by Gasteiger charge is -2.09. The van der Waals surface area contributed by atoms with Gasteiger partial charge in [0.25, 0.3) is 0 Å². The van der Waals surface area contributed by atoms with E-state index < -0.39 is 0 Å². The summed E-state index contributed by atoms with van der Waals surface area (Å²) in [5, 5.41) is 11.3. The van der Waals surface area contributed by atoms with E-state index in [1.807, 2.05) is 26.0 Å². The highest BCUT2D eigenvalue weighted by atomic mass is 16.5. The molecule has 16 heavy (non-hydrogen) atoms. The Bertz CT molecular complexity index is 375. The van der Waals surface area contributed by atoms with Crippen molar-refractivity contribution in [3.63, 3.8) is 0 Å². The number of hydrogen-bond acceptors (Lipinski definition) is 3. The molecule has 0 amide bonds. The van der Waals surface area contributed by atoms with Crippen LogP contribution in [0.15, 0.2) is 23.4 Å². The van der Waals surface area contributed by atoms with E-state index in [0.717, 1.165) is 17.7 Å². The average molecular weight is 222 g/mol. The summed E-state index contributed by atoms with van der Waals surface area (Å²) in [4.78, 5) is 0. The molecule has 0 saturated heterocycles. The lowest BCUT2D eigenvalue weighted by Crippen LogP contribution is -2.12. The van der Waals surface area contributed by atoms with Crippen LogP contribution in [-0.2, 0) is 0 Å². The predicted octanol–water partition coefficient (Wildman–Crippen LogP) is 2.21. The van der Waals surface area contributed by atoms with Crippen molar-refractivity contribution in [1.82, 2.24) is 0 Å². The summed E-state index contributed by atoms with van der Waals surface area (Å²) in [6.07, 6.45) is 1.28. The van der Waals surface area contributed by atoms with Crippen molar-refractivity contribution < 1.29 is 9.94 Å². The van der Waals surface area contributed by atoms with Crippen LogP contribution in [0, 0.1) is 13.8 Å². The fourth-order valence-corrected chi connectivity index (χ4v) is 1.35. The number of benzene rings is 1. The molecule has 0 saturated carbocycles. The molecule has 88 valence electrons. The van der Waals surface area contributed by atoms with Gasteiger partial charge in [0, 0.05) is 6.42 Å². The summed E-state index contributed by atoms with van der Waals surface area (Å²) in [7, 11) is 0. The number of ether oxygens (including phenoxy) is 1. The first-order valence-corrected chi connectivity index (χ1v) is 5.30. The Balaban J connectivity index is 2.40. The predicted molar refractivity (Wildman–Crippen MR) is 64.1 cm³/mol. The Morgan fingerprint density at radius 1 is 1.44 bits per heavy atom. The maximum absolute atomic E-state index is 8.35. The van der Waals surface area contributed by atoms with E-state index in [9.17, 15) is 0 Å². The molecular formula is C12H18N2O2. The summed E-state index contributed by atoms with van der Waals surface area (Å²) >= 11 is 0. The number of amidine groups is 1. The third-order valence-corrected chi connectivity index (χ3v) is 2.31. The van der Waals surface area contributed by atoms with Crippen molar-refractivity contribution >= 4 is 5.84 Å². The van der Waals surface area contributed by atoms with Crippen molar-refractivity contribution in [2.75, 3.05) is 6.61 Å². The molecule has 0 spiro atoms. The molecule has 0 aliphatic heterocycles. The summed E-state index contributed by atoms with van der Waals surface area (Å²) < 4.78 is 5.62. The molecule has 0 aliphatic rings. The van der Waals surface area contributed by atoms with Gasteiger partial charge < -0.3 is 15.7 Å². The quantitative estimate of drug-likeness (QED) is 0.264. The minimum atomic E-state index is 0.240. The van der Waals surface area contributed by atoms with Crippen molar-refractivity contribution in [3.05, 3.63) is 29.3 Å². The van der Waals surface area contributed by atoms with E-state index in [4.69, 9.17) is 15.7 Å². The summed E-state index contributed by atoms with van der Waals surface area (Å²) in [5.41, 5.74) is 7.65. The van der Waals surface area contributed by atoms with Crippen LogP contribution in [0.3, 0.4) is 0 Å². The number of aryl methyl sites for hydroxylation is 2. The Morgan fingerprint density at radius 3 is 2.88 bits per heavy atom. The van der Waals surface area contributed by atoms with Crippen LogP contribution in [0.4, 0.5) is 0 Å². The van der Waals surface area contributed by atoms with Crippen LogP contribution in [0.5, 0.6) is 5.75 Å². The summed E-state index contributed by atoms with van der Waals surface area (Å²) in [6.45, 7) is 4.61. The molecule has 0 heterocycles. The van der Waals surface area contributed by atoms with Crippen LogP contribution < -0.4 is 10.5 Å². The van der Waals surface area contributed by atoms with Gasteiger partial charge in [0.2, 0.25) is 0 Å². The molecule has 1 aromatic rings. The molecule has 0 unspecified atom stereocenters. The third kappa shape index (κ3) is 3.81.